The predicted octanol–water partition coefficient (Wildman–Crippen LogP) is 3.20. The smallest absolute Gasteiger partial charge is 0.0477 e. The van der Waals surface area contributed by atoms with Crippen molar-refractivity contribution >= 4 is 0 Å². The molecule has 3 unspecified atom stereocenters. The Kier molecular flexibility index (Phi) is 9.12. The van der Waals surface area contributed by atoms with Crippen molar-refractivity contribution in [3.05, 3.63) is 0 Å². The minimum Gasteiger partial charge on any atom is -0.385 e. The Bertz CT molecular complexity index is 138. The average Bonchev–Trinajstić information content (AvgIpc) is 2.23. The monoisotopic (exact) mass is 215 g/mol. The molecule has 0 fully saturated rings. The molecule has 3 atom stereocenters. The van der Waals surface area contributed by atoms with Gasteiger partial charge in [-0.3, -0.25) is 0 Å². The van der Waals surface area contributed by atoms with Crippen LogP contribution in [0.2, 0.25) is 0 Å². The molecule has 0 heterocycles. The Hall–Kier alpha value is -0.0800. The van der Waals surface area contributed by atoms with Crippen LogP contribution in [-0.2, 0) is 4.74 Å². The summed E-state index contributed by atoms with van der Waals surface area (Å²) >= 11 is 0. The maximum atomic E-state index is 6.00. The first-order chi connectivity index (χ1) is 7.11. The summed E-state index contributed by atoms with van der Waals surface area (Å²) in [6, 6.07) is 0.321. The van der Waals surface area contributed by atoms with Gasteiger partial charge in [-0.05, 0) is 31.1 Å². The van der Waals surface area contributed by atoms with Crippen molar-refractivity contribution in [3.63, 3.8) is 0 Å². The summed E-state index contributed by atoms with van der Waals surface area (Å²) in [5.74, 6) is 1.64. The summed E-state index contributed by atoms with van der Waals surface area (Å²) in [6.07, 6.45) is 6.02. The second-order valence-corrected chi connectivity index (χ2v) is 4.86. The van der Waals surface area contributed by atoms with Crippen molar-refractivity contribution < 1.29 is 4.74 Å². The van der Waals surface area contributed by atoms with Gasteiger partial charge in [0.05, 0.1) is 0 Å². The molecule has 0 aromatic rings. The summed E-state index contributed by atoms with van der Waals surface area (Å²) in [6.45, 7) is 7.76. The van der Waals surface area contributed by atoms with E-state index in [9.17, 15) is 0 Å². The van der Waals surface area contributed by atoms with Crippen molar-refractivity contribution in [1.29, 1.82) is 0 Å². The Balaban J connectivity index is 3.55. The van der Waals surface area contributed by atoms with Gasteiger partial charge >= 0.3 is 0 Å². The summed E-state index contributed by atoms with van der Waals surface area (Å²) in [7, 11) is 1.73. The summed E-state index contributed by atoms with van der Waals surface area (Å²) in [4.78, 5) is 0. The molecule has 0 aliphatic carbocycles. The number of rotatable bonds is 9. The highest BCUT2D eigenvalue weighted by Crippen LogP contribution is 2.22. The molecule has 0 bridgehead atoms. The van der Waals surface area contributed by atoms with E-state index >= 15 is 0 Å². The zero-order valence-corrected chi connectivity index (χ0v) is 11.0. The molecule has 0 aliphatic heterocycles. The van der Waals surface area contributed by atoms with Crippen molar-refractivity contribution in [2.45, 2.75) is 58.9 Å². The summed E-state index contributed by atoms with van der Waals surface area (Å²) < 4.78 is 5.03. The van der Waals surface area contributed by atoms with Gasteiger partial charge in [0.1, 0.15) is 0 Å². The SMILES string of the molecule is CCCC(C)C(C)CCC(N)CCOC. The van der Waals surface area contributed by atoms with Gasteiger partial charge in [0.15, 0.2) is 0 Å². The van der Waals surface area contributed by atoms with Crippen molar-refractivity contribution in [3.8, 4) is 0 Å². The molecule has 2 heteroatoms. The molecule has 92 valence electrons. The van der Waals surface area contributed by atoms with Crippen LogP contribution in [0.3, 0.4) is 0 Å². The fraction of sp³-hybridized carbons (Fsp3) is 1.00. The molecule has 2 N–H and O–H groups in total. The number of hydrogen-bond donors (Lipinski definition) is 1. The molecule has 0 radical (unpaired) electrons. The van der Waals surface area contributed by atoms with Gasteiger partial charge in [-0.25, -0.2) is 0 Å². The highest BCUT2D eigenvalue weighted by molar-refractivity contribution is 4.67. The topological polar surface area (TPSA) is 35.2 Å². The van der Waals surface area contributed by atoms with E-state index < -0.39 is 0 Å². The Morgan fingerprint density at radius 2 is 1.60 bits per heavy atom. The van der Waals surface area contributed by atoms with E-state index in [2.05, 4.69) is 20.8 Å². The van der Waals surface area contributed by atoms with Crippen LogP contribution in [-0.4, -0.2) is 19.8 Å². The van der Waals surface area contributed by atoms with Crippen LogP contribution >= 0.6 is 0 Å². The zero-order valence-electron chi connectivity index (χ0n) is 11.0. The van der Waals surface area contributed by atoms with E-state index in [1.54, 1.807) is 7.11 Å². The van der Waals surface area contributed by atoms with Crippen LogP contribution in [0.15, 0.2) is 0 Å². The molecule has 0 amide bonds. The van der Waals surface area contributed by atoms with E-state index in [0.29, 0.717) is 6.04 Å². The second-order valence-electron chi connectivity index (χ2n) is 4.86. The van der Waals surface area contributed by atoms with E-state index in [4.69, 9.17) is 10.5 Å². The molecule has 0 spiro atoms. The van der Waals surface area contributed by atoms with Crippen LogP contribution in [0.25, 0.3) is 0 Å². The molecular weight excluding hydrogens is 186 g/mol. The van der Waals surface area contributed by atoms with Gasteiger partial charge in [-0.1, -0.05) is 33.6 Å². The maximum absolute atomic E-state index is 6.00. The first-order valence-corrected chi connectivity index (χ1v) is 6.36. The van der Waals surface area contributed by atoms with Gasteiger partial charge in [0, 0.05) is 19.8 Å². The summed E-state index contributed by atoms with van der Waals surface area (Å²) in [5.41, 5.74) is 6.00. The lowest BCUT2D eigenvalue weighted by molar-refractivity contribution is 0.184. The van der Waals surface area contributed by atoms with Crippen molar-refractivity contribution in [2.24, 2.45) is 17.6 Å². The molecule has 2 nitrogen and oxygen atoms in total. The maximum Gasteiger partial charge on any atom is 0.0477 e. The van der Waals surface area contributed by atoms with Crippen molar-refractivity contribution in [1.82, 2.24) is 0 Å². The lowest BCUT2D eigenvalue weighted by atomic mass is 9.87. The number of methoxy groups -OCH3 is 1. The van der Waals surface area contributed by atoms with Crippen molar-refractivity contribution in [2.75, 3.05) is 13.7 Å². The fourth-order valence-electron chi connectivity index (χ4n) is 1.91. The lowest BCUT2D eigenvalue weighted by Crippen LogP contribution is -2.23. The molecular formula is C13H29NO. The normalized spacial score (nSPS) is 17.4. The highest BCUT2D eigenvalue weighted by atomic mass is 16.5. The van der Waals surface area contributed by atoms with Gasteiger partial charge in [0.25, 0.3) is 0 Å². The van der Waals surface area contributed by atoms with Crippen LogP contribution in [0.1, 0.15) is 52.9 Å². The highest BCUT2D eigenvalue weighted by Gasteiger charge is 2.12. The molecule has 0 saturated carbocycles. The van der Waals surface area contributed by atoms with Gasteiger partial charge in [0.2, 0.25) is 0 Å². The van der Waals surface area contributed by atoms with E-state index in [1.165, 1.54) is 19.3 Å². The first kappa shape index (κ1) is 14.9. The second kappa shape index (κ2) is 9.17. The average molecular weight is 215 g/mol. The van der Waals surface area contributed by atoms with E-state index in [0.717, 1.165) is 31.3 Å². The fourth-order valence-corrected chi connectivity index (χ4v) is 1.91. The molecule has 0 aliphatic rings. The van der Waals surface area contributed by atoms with E-state index in [1.807, 2.05) is 0 Å². The van der Waals surface area contributed by atoms with Gasteiger partial charge in [-0.15, -0.1) is 0 Å². The first-order valence-electron chi connectivity index (χ1n) is 6.36. The number of hydrogen-bond acceptors (Lipinski definition) is 2. The third kappa shape index (κ3) is 7.80. The number of nitrogens with two attached hydrogens (primary N) is 1. The van der Waals surface area contributed by atoms with Crippen LogP contribution < -0.4 is 5.73 Å². The minimum atomic E-state index is 0.321. The predicted molar refractivity (Wildman–Crippen MR) is 66.9 cm³/mol. The van der Waals surface area contributed by atoms with Gasteiger partial charge < -0.3 is 10.5 Å². The Labute approximate surface area is 95.6 Å². The van der Waals surface area contributed by atoms with Crippen LogP contribution in [0.5, 0.6) is 0 Å². The van der Waals surface area contributed by atoms with Crippen LogP contribution in [0.4, 0.5) is 0 Å². The molecule has 0 aromatic carbocycles. The molecule has 0 rings (SSSR count). The minimum absolute atomic E-state index is 0.321. The quantitative estimate of drug-likeness (QED) is 0.641. The summed E-state index contributed by atoms with van der Waals surface area (Å²) in [5, 5.41) is 0. The largest absolute Gasteiger partial charge is 0.385 e. The van der Waals surface area contributed by atoms with Gasteiger partial charge in [-0.2, -0.15) is 0 Å². The standard InChI is InChI=1S/C13H29NO/c1-5-6-11(2)12(3)7-8-13(14)9-10-15-4/h11-13H,5-10,14H2,1-4H3. The Morgan fingerprint density at radius 1 is 1.00 bits per heavy atom. The molecule has 15 heavy (non-hydrogen) atoms. The molecule has 0 saturated heterocycles. The Morgan fingerprint density at radius 3 is 2.13 bits per heavy atom. The molecule has 0 aromatic heterocycles. The third-order valence-electron chi connectivity index (χ3n) is 3.40. The van der Waals surface area contributed by atoms with E-state index in [-0.39, 0.29) is 0 Å². The van der Waals surface area contributed by atoms with Crippen LogP contribution in [0, 0.1) is 11.8 Å². The zero-order chi connectivity index (χ0) is 11.7. The lowest BCUT2D eigenvalue weighted by Gasteiger charge is -2.21. The number of ether oxygens (including phenoxy) is 1. The third-order valence-corrected chi connectivity index (χ3v) is 3.40.